The summed E-state index contributed by atoms with van der Waals surface area (Å²) in [4.78, 5) is 2.57. The number of hydrogen-bond donors (Lipinski definition) is 1. The second-order valence-electron chi connectivity index (χ2n) is 4.97. The summed E-state index contributed by atoms with van der Waals surface area (Å²) in [6, 6.07) is 7.59. The lowest BCUT2D eigenvalue weighted by Gasteiger charge is -2.21. The maximum Gasteiger partial charge on any atom is 0.115 e. The van der Waals surface area contributed by atoms with Crippen LogP contribution in [0.2, 0.25) is 0 Å². The van der Waals surface area contributed by atoms with E-state index in [-0.39, 0.29) is 12.4 Å². The second-order valence-corrected chi connectivity index (χ2v) is 4.97. The number of unbranched alkanes of at least 4 members (excludes halogenated alkanes) is 2. The first-order valence-electron chi connectivity index (χ1n) is 7.26. The lowest BCUT2D eigenvalue weighted by atomic mass is 10.1. The molecular formula is C16H28ClNO. The fourth-order valence-electron chi connectivity index (χ4n) is 2.05. The smallest absolute Gasteiger partial charge is 0.115 e. The van der Waals surface area contributed by atoms with Gasteiger partial charge >= 0.3 is 0 Å². The standard InChI is InChI=1S/C16H27NO.ClH/c1-3-5-12-17(13-6-4-2)14-11-15-7-9-16(18)10-8-15;/h7-10,18H,3-6,11-14H2,1-2H3;1H. The van der Waals surface area contributed by atoms with Crippen LogP contribution in [0.4, 0.5) is 0 Å². The van der Waals surface area contributed by atoms with Gasteiger partial charge in [0, 0.05) is 6.54 Å². The molecule has 0 saturated carbocycles. The fraction of sp³-hybridized carbons (Fsp3) is 0.625. The van der Waals surface area contributed by atoms with Crippen LogP contribution in [0.1, 0.15) is 45.1 Å². The predicted octanol–water partition coefficient (Wildman–Crippen LogP) is 4.26. The molecule has 0 fully saturated rings. The van der Waals surface area contributed by atoms with Crippen molar-refractivity contribution in [3.05, 3.63) is 29.8 Å². The summed E-state index contributed by atoms with van der Waals surface area (Å²) in [5.74, 6) is 0.354. The minimum absolute atomic E-state index is 0. The number of hydrogen-bond acceptors (Lipinski definition) is 2. The molecule has 19 heavy (non-hydrogen) atoms. The topological polar surface area (TPSA) is 23.5 Å². The molecule has 110 valence electrons. The molecule has 1 N–H and O–H groups in total. The van der Waals surface area contributed by atoms with Gasteiger partial charge in [-0.25, -0.2) is 0 Å². The molecule has 0 spiro atoms. The Morgan fingerprint density at radius 3 is 1.89 bits per heavy atom. The van der Waals surface area contributed by atoms with Gasteiger partial charge in [0.1, 0.15) is 5.75 Å². The first-order valence-corrected chi connectivity index (χ1v) is 7.26. The van der Waals surface area contributed by atoms with Gasteiger partial charge in [0.25, 0.3) is 0 Å². The first-order chi connectivity index (χ1) is 8.76. The maximum atomic E-state index is 9.26. The van der Waals surface area contributed by atoms with E-state index in [4.69, 9.17) is 0 Å². The highest BCUT2D eigenvalue weighted by molar-refractivity contribution is 5.85. The molecule has 0 aliphatic carbocycles. The van der Waals surface area contributed by atoms with Crippen molar-refractivity contribution in [1.82, 2.24) is 4.90 Å². The number of rotatable bonds is 9. The van der Waals surface area contributed by atoms with Crippen molar-refractivity contribution in [3.63, 3.8) is 0 Å². The summed E-state index contributed by atoms with van der Waals surface area (Å²) in [6.45, 7) is 8.06. The highest BCUT2D eigenvalue weighted by Crippen LogP contribution is 2.11. The summed E-state index contributed by atoms with van der Waals surface area (Å²) >= 11 is 0. The molecule has 0 aliphatic heterocycles. The van der Waals surface area contributed by atoms with Crippen LogP contribution < -0.4 is 0 Å². The third-order valence-electron chi connectivity index (χ3n) is 3.31. The highest BCUT2D eigenvalue weighted by atomic mass is 35.5. The van der Waals surface area contributed by atoms with Crippen molar-refractivity contribution in [2.24, 2.45) is 0 Å². The second kappa shape index (κ2) is 11.1. The Labute approximate surface area is 124 Å². The molecule has 0 bridgehead atoms. The summed E-state index contributed by atoms with van der Waals surface area (Å²) in [5.41, 5.74) is 1.31. The molecule has 0 saturated heterocycles. The van der Waals surface area contributed by atoms with Crippen molar-refractivity contribution >= 4 is 12.4 Å². The zero-order valence-electron chi connectivity index (χ0n) is 12.3. The molecule has 0 unspecified atom stereocenters. The normalized spacial score (nSPS) is 10.5. The number of nitrogens with zero attached hydrogens (tertiary/aromatic N) is 1. The summed E-state index contributed by atoms with van der Waals surface area (Å²) in [5, 5.41) is 9.26. The molecule has 0 heterocycles. The van der Waals surface area contributed by atoms with Gasteiger partial charge in [0.05, 0.1) is 0 Å². The summed E-state index contributed by atoms with van der Waals surface area (Å²) in [6.07, 6.45) is 6.19. The number of halogens is 1. The minimum Gasteiger partial charge on any atom is -0.508 e. The van der Waals surface area contributed by atoms with Crippen molar-refractivity contribution in [2.75, 3.05) is 19.6 Å². The number of phenols is 1. The Morgan fingerprint density at radius 1 is 0.895 bits per heavy atom. The Hall–Kier alpha value is -0.730. The van der Waals surface area contributed by atoms with E-state index in [0.717, 1.165) is 13.0 Å². The summed E-state index contributed by atoms with van der Waals surface area (Å²) in [7, 11) is 0. The van der Waals surface area contributed by atoms with E-state index < -0.39 is 0 Å². The average molecular weight is 286 g/mol. The molecular weight excluding hydrogens is 258 g/mol. The third kappa shape index (κ3) is 8.12. The zero-order chi connectivity index (χ0) is 13.2. The largest absolute Gasteiger partial charge is 0.508 e. The Kier molecular flexibility index (Phi) is 10.7. The van der Waals surface area contributed by atoms with Crippen molar-refractivity contribution in [1.29, 1.82) is 0 Å². The van der Waals surface area contributed by atoms with Crippen molar-refractivity contribution in [2.45, 2.75) is 46.0 Å². The van der Waals surface area contributed by atoms with Crippen LogP contribution in [0.25, 0.3) is 0 Å². The van der Waals surface area contributed by atoms with Gasteiger partial charge in [-0.05, 0) is 50.0 Å². The predicted molar refractivity (Wildman–Crippen MR) is 85.3 cm³/mol. The molecule has 0 atom stereocenters. The quantitative estimate of drug-likeness (QED) is 0.733. The van der Waals surface area contributed by atoms with Gasteiger partial charge in [-0.2, -0.15) is 0 Å². The van der Waals surface area contributed by atoms with E-state index in [9.17, 15) is 5.11 Å². The monoisotopic (exact) mass is 285 g/mol. The van der Waals surface area contributed by atoms with Gasteiger partial charge in [0.2, 0.25) is 0 Å². The highest BCUT2D eigenvalue weighted by Gasteiger charge is 2.04. The average Bonchev–Trinajstić information content (AvgIpc) is 2.40. The maximum absolute atomic E-state index is 9.26. The lowest BCUT2D eigenvalue weighted by molar-refractivity contribution is 0.268. The van der Waals surface area contributed by atoms with Gasteiger partial charge < -0.3 is 10.0 Å². The molecule has 2 nitrogen and oxygen atoms in total. The van der Waals surface area contributed by atoms with Gasteiger partial charge in [0.15, 0.2) is 0 Å². The molecule has 0 aromatic heterocycles. The molecule has 0 radical (unpaired) electrons. The molecule has 1 rings (SSSR count). The fourth-order valence-corrected chi connectivity index (χ4v) is 2.05. The van der Waals surface area contributed by atoms with Crippen molar-refractivity contribution in [3.8, 4) is 5.75 Å². The molecule has 1 aromatic carbocycles. The van der Waals surface area contributed by atoms with E-state index in [1.807, 2.05) is 12.1 Å². The first kappa shape index (κ1) is 18.3. The number of aromatic hydroxyl groups is 1. The molecule has 0 aliphatic rings. The molecule has 0 amide bonds. The Morgan fingerprint density at radius 2 is 1.42 bits per heavy atom. The minimum atomic E-state index is 0. The van der Waals surface area contributed by atoms with Crippen LogP contribution in [0.15, 0.2) is 24.3 Å². The van der Waals surface area contributed by atoms with Crippen LogP contribution in [0.5, 0.6) is 5.75 Å². The van der Waals surface area contributed by atoms with Crippen LogP contribution in [-0.2, 0) is 6.42 Å². The van der Waals surface area contributed by atoms with E-state index in [1.165, 1.54) is 44.3 Å². The van der Waals surface area contributed by atoms with Crippen LogP contribution in [0.3, 0.4) is 0 Å². The van der Waals surface area contributed by atoms with E-state index in [1.54, 1.807) is 12.1 Å². The Balaban J connectivity index is 0.00000324. The SMILES string of the molecule is CCCCN(CCCC)CCc1ccc(O)cc1.Cl. The number of phenolic OH excluding ortho intramolecular Hbond substituents is 1. The zero-order valence-corrected chi connectivity index (χ0v) is 13.1. The Bertz CT molecular complexity index is 305. The van der Waals surface area contributed by atoms with Gasteiger partial charge in [-0.1, -0.05) is 38.8 Å². The van der Waals surface area contributed by atoms with E-state index in [2.05, 4.69) is 18.7 Å². The van der Waals surface area contributed by atoms with E-state index in [0.29, 0.717) is 5.75 Å². The van der Waals surface area contributed by atoms with Crippen LogP contribution in [0, 0.1) is 0 Å². The lowest BCUT2D eigenvalue weighted by Crippen LogP contribution is -2.28. The van der Waals surface area contributed by atoms with Crippen LogP contribution >= 0.6 is 12.4 Å². The van der Waals surface area contributed by atoms with Crippen LogP contribution in [-0.4, -0.2) is 29.6 Å². The molecule has 3 heteroatoms. The van der Waals surface area contributed by atoms with E-state index >= 15 is 0 Å². The van der Waals surface area contributed by atoms with Gasteiger partial charge in [-0.15, -0.1) is 12.4 Å². The summed E-state index contributed by atoms with van der Waals surface area (Å²) < 4.78 is 0. The molecule has 1 aromatic rings. The third-order valence-corrected chi connectivity index (χ3v) is 3.31. The van der Waals surface area contributed by atoms with Crippen molar-refractivity contribution < 1.29 is 5.11 Å². The van der Waals surface area contributed by atoms with Gasteiger partial charge in [-0.3, -0.25) is 0 Å². The number of benzene rings is 1.